The van der Waals surface area contributed by atoms with Gasteiger partial charge in [-0.2, -0.15) is 0 Å². The maximum atomic E-state index is 12.2. The van der Waals surface area contributed by atoms with Gasteiger partial charge in [0, 0.05) is 6.67 Å². The average molecular weight is 333 g/mol. The van der Waals surface area contributed by atoms with Crippen molar-refractivity contribution in [3.8, 4) is 0 Å². The number of nitrogens with one attached hydrogen (secondary N) is 1. The number of hydrogen-bond acceptors (Lipinski definition) is 4. The molecule has 0 saturated heterocycles. The molecule has 0 unspecified atom stereocenters. The second-order valence-corrected chi connectivity index (χ2v) is 4.41. The summed E-state index contributed by atoms with van der Waals surface area (Å²) in [6.45, 7) is 7.48. The van der Waals surface area contributed by atoms with Crippen LogP contribution in [-0.2, 0) is 6.67 Å². The van der Waals surface area contributed by atoms with Gasteiger partial charge in [0.05, 0.1) is 23.9 Å². The summed E-state index contributed by atoms with van der Waals surface area (Å²) in [5, 5.41) is 3.92. The normalized spacial score (nSPS) is 10.2. The van der Waals surface area contributed by atoms with Crippen LogP contribution < -0.4 is 10.9 Å². The van der Waals surface area contributed by atoms with E-state index in [1.54, 1.807) is 10.9 Å². The van der Waals surface area contributed by atoms with Gasteiger partial charge >= 0.3 is 0 Å². The Morgan fingerprint density at radius 3 is 2.52 bits per heavy atom. The zero-order chi connectivity index (χ0) is 13.7. The Morgan fingerprint density at radius 2 is 1.86 bits per heavy atom. The Morgan fingerprint density at radius 1 is 1.19 bits per heavy atom. The monoisotopic (exact) mass is 332 g/mol. The van der Waals surface area contributed by atoms with Crippen LogP contribution in [0.1, 0.15) is 13.8 Å². The van der Waals surface area contributed by atoms with Crippen molar-refractivity contribution in [3.63, 3.8) is 0 Å². The molecule has 118 valence electrons. The summed E-state index contributed by atoms with van der Waals surface area (Å²) in [5.74, 6) is 0. The van der Waals surface area contributed by atoms with Gasteiger partial charge in [-0.05, 0) is 25.2 Å². The van der Waals surface area contributed by atoms with Crippen molar-refractivity contribution in [1.29, 1.82) is 0 Å². The van der Waals surface area contributed by atoms with Gasteiger partial charge in [-0.1, -0.05) is 26.0 Å². The van der Waals surface area contributed by atoms with E-state index in [-0.39, 0.29) is 30.4 Å². The highest BCUT2D eigenvalue weighted by Gasteiger charge is 2.03. The number of aromatic nitrogens is 2. The molecule has 7 heteroatoms. The van der Waals surface area contributed by atoms with E-state index in [1.165, 1.54) is 0 Å². The van der Waals surface area contributed by atoms with Gasteiger partial charge in [-0.15, -0.1) is 24.8 Å². The molecule has 0 bridgehead atoms. The molecule has 0 fully saturated rings. The lowest BCUT2D eigenvalue weighted by atomic mass is 10.2. The van der Waals surface area contributed by atoms with Crippen LogP contribution in [0.5, 0.6) is 0 Å². The maximum absolute atomic E-state index is 12.2. The van der Waals surface area contributed by atoms with Crippen LogP contribution in [0.15, 0.2) is 35.4 Å². The summed E-state index contributed by atoms with van der Waals surface area (Å²) in [4.78, 5) is 18.8. The predicted octanol–water partition coefficient (Wildman–Crippen LogP) is 2.09. The summed E-state index contributed by atoms with van der Waals surface area (Å²) in [6.07, 6.45) is 1.60. The topological polar surface area (TPSA) is 50.2 Å². The van der Waals surface area contributed by atoms with Gasteiger partial charge in [0.15, 0.2) is 0 Å². The minimum Gasteiger partial charge on any atom is -0.291 e. The van der Waals surface area contributed by atoms with Gasteiger partial charge in [0.25, 0.3) is 5.56 Å². The van der Waals surface area contributed by atoms with Gasteiger partial charge in [-0.25, -0.2) is 4.98 Å². The second kappa shape index (κ2) is 9.73. The van der Waals surface area contributed by atoms with E-state index < -0.39 is 0 Å². The minimum absolute atomic E-state index is 0. The summed E-state index contributed by atoms with van der Waals surface area (Å²) in [5.41, 5.74) is 0.741. The largest absolute Gasteiger partial charge is 0.291 e. The number of hydrogen-bond donors (Lipinski definition) is 1. The molecule has 0 atom stereocenters. The SMILES string of the molecule is CCN(CC)CNCn1cnc2ccccc2c1=O.Cl.Cl. The Kier molecular flexibility index (Phi) is 9.21. The van der Waals surface area contributed by atoms with Crippen molar-refractivity contribution in [2.75, 3.05) is 19.8 Å². The average Bonchev–Trinajstić information content (AvgIpc) is 2.46. The second-order valence-electron chi connectivity index (χ2n) is 4.41. The summed E-state index contributed by atoms with van der Waals surface area (Å²) >= 11 is 0. The van der Waals surface area contributed by atoms with Crippen molar-refractivity contribution >= 4 is 35.7 Å². The first-order valence-electron chi connectivity index (χ1n) is 6.63. The molecular weight excluding hydrogens is 311 g/mol. The minimum atomic E-state index is -0.00218. The molecule has 0 aliphatic heterocycles. The van der Waals surface area contributed by atoms with Crippen molar-refractivity contribution in [2.45, 2.75) is 20.5 Å². The van der Waals surface area contributed by atoms with Crippen LogP contribution in [0.2, 0.25) is 0 Å². The summed E-state index contributed by atoms with van der Waals surface area (Å²) in [6, 6.07) is 7.41. The van der Waals surface area contributed by atoms with Crippen molar-refractivity contribution in [2.24, 2.45) is 0 Å². The van der Waals surface area contributed by atoms with E-state index in [9.17, 15) is 4.79 Å². The lowest BCUT2D eigenvalue weighted by Crippen LogP contribution is -2.37. The molecule has 21 heavy (non-hydrogen) atoms. The summed E-state index contributed by atoms with van der Waals surface area (Å²) in [7, 11) is 0. The van der Waals surface area contributed by atoms with Crippen molar-refractivity contribution in [1.82, 2.24) is 19.8 Å². The fourth-order valence-electron chi connectivity index (χ4n) is 1.99. The summed E-state index contributed by atoms with van der Waals surface area (Å²) < 4.78 is 1.60. The van der Waals surface area contributed by atoms with E-state index in [2.05, 4.69) is 29.0 Å². The number of halogens is 2. The lowest BCUT2D eigenvalue weighted by Gasteiger charge is -2.18. The first-order valence-corrected chi connectivity index (χ1v) is 6.63. The first kappa shape index (κ1) is 19.9. The molecule has 1 heterocycles. The van der Waals surface area contributed by atoms with Crippen LogP contribution in [0, 0.1) is 0 Å². The Bertz CT molecular complexity index is 599. The molecule has 2 rings (SSSR count). The fraction of sp³-hybridized carbons (Fsp3) is 0.429. The third-order valence-electron chi connectivity index (χ3n) is 3.24. The number of para-hydroxylation sites is 1. The number of fused-ring (bicyclic) bond motifs is 1. The van der Waals surface area contributed by atoms with E-state index in [0.717, 1.165) is 25.3 Å². The van der Waals surface area contributed by atoms with Crippen molar-refractivity contribution < 1.29 is 0 Å². The predicted molar refractivity (Wildman–Crippen MR) is 91.4 cm³/mol. The van der Waals surface area contributed by atoms with Gasteiger partial charge in [0.2, 0.25) is 0 Å². The molecule has 1 aromatic heterocycles. The van der Waals surface area contributed by atoms with Crippen LogP contribution in [-0.4, -0.2) is 34.2 Å². The van der Waals surface area contributed by atoms with Crippen LogP contribution in [0.25, 0.3) is 10.9 Å². The fourth-order valence-corrected chi connectivity index (χ4v) is 1.99. The number of rotatable bonds is 6. The van der Waals surface area contributed by atoms with Gasteiger partial charge in [0.1, 0.15) is 0 Å². The number of nitrogens with zero attached hydrogens (tertiary/aromatic N) is 3. The molecule has 0 aliphatic rings. The Hall–Kier alpha value is -1.14. The first-order chi connectivity index (χ1) is 9.26. The van der Waals surface area contributed by atoms with E-state index in [1.807, 2.05) is 24.3 Å². The van der Waals surface area contributed by atoms with Crippen LogP contribution >= 0.6 is 24.8 Å². The van der Waals surface area contributed by atoms with E-state index in [0.29, 0.717) is 12.1 Å². The highest BCUT2D eigenvalue weighted by atomic mass is 35.5. The van der Waals surface area contributed by atoms with Crippen LogP contribution in [0.3, 0.4) is 0 Å². The Labute approximate surface area is 137 Å². The number of benzene rings is 1. The third-order valence-corrected chi connectivity index (χ3v) is 3.24. The van der Waals surface area contributed by atoms with Crippen molar-refractivity contribution in [3.05, 3.63) is 40.9 Å². The highest BCUT2D eigenvalue weighted by Crippen LogP contribution is 2.04. The molecule has 0 aliphatic carbocycles. The molecule has 0 amide bonds. The molecule has 0 radical (unpaired) electrons. The molecule has 1 N–H and O–H groups in total. The lowest BCUT2D eigenvalue weighted by molar-refractivity contribution is 0.267. The zero-order valence-electron chi connectivity index (χ0n) is 12.3. The Balaban J connectivity index is 0.00000200. The van der Waals surface area contributed by atoms with E-state index >= 15 is 0 Å². The van der Waals surface area contributed by atoms with E-state index in [4.69, 9.17) is 0 Å². The molecule has 0 saturated carbocycles. The van der Waals surface area contributed by atoms with Gasteiger partial charge in [-0.3, -0.25) is 19.6 Å². The molecular formula is C14H22Cl2N4O. The standard InChI is InChI=1S/C14H20N4O.2ClH/c1-3-17(4-2)9-15-10-18-11-16-13-8-6-5-7-12(13)14(18)19;;/h5-8,11,15H,3-4,9-10H2,1-2H3;2*1H. The quantitative estimate of drug-likeness (QED) is 0.823. The molecule has 2 aromatic rings. The third kappa shape index (κ3) is 4.97. The molecule has 1 aromatic carbocycles. The highest BCUT2D eigenvalue weighted by molar-refractivity contribution is 5.85. The zero-order valence-corrected chi connectivity index (χ0v) is 13.9. The molecule has 5 nitrogen and oxygen atoms in total. The molecule has 0 spiro atoms. The smallest absolute Gasteiger partial charge is 0.262 e. The van der Waals surface area contributed by atoms with Gasteiger partial charge < -0.3 is 0 Å². The maximum Gasteiger partial charge on any atom is 0.262 e. The van der Waals surface area contributed by atoms with Crippen LogP contribution in [0.4, 0.5) is 0 Å².